The summed E-state index contributed by atoms with van der Waals surface area (Å²) in [6.07, 6.45) is 4.63. The van der Waals surface area contributed by atoms with E-state index < -0.39 is 0 Å². The topological polar surface area (TPSA) is 64.0 Å². The lowest BCUT2D eigenvalue weighted by molar-refractivity contribution is -0.111. The maximum Gasteiger partial charge on any atom is 0.250 e. The highest BCUT2D eigenvalue weighted by atomic mass is 35.5. The number of aromatic nitrogens is 2. The highest BCUT2D eigenvalue weighted by Crippen LogP contribution is 2.16. The van der Waals surface area contributed by atoms with E-state index in [1.54, 1.807) is 29.9 Å². The Morgan fingerprint density at radius 3 is 2.88 bits per heavy atom. The van der Waals surface area contributed by atoms with Gasteiger partial charge in [0.2, 0.25) is 5.91 Å². The Bertz CT molecular complexity index is 964. The Balaban J connectivity index is 1.74. The SMILES string of the molecule is O=C(/C=C/c1cscn1)Nc1ccc(=O)n(Cc2ccccc2Cl)c1. The Labute approximate surface area is 153 Å². The van der Waals surface area contributed by atoms with E-state index in [0.717, 1.165) is 11.3 Å². The molecule has 0 unspecified atom stereocenters. The normalized spacial score (nSPS) is 10.9. The van der Waals surface area contributed by atoms with E-state index in [1.165, 1.54) is 28.0 Å². The number of benzene rings is 1. The first kappa shape index (κ1) is 17.1. The predicted molar refractivity (Wildman–Crippen MR) is 101 cm³/mol. The van der Waals surface area contributed by atoms with Gasteiger partial charge in [0.25, 0.3) is 5.56 Å². The minimum absolute atomic E-state index is 0.170. The van der Waals surface area contributed by atoms with Crippen LogP contribution in [-0.4, -0.2) is 15.5 Å². The van der Waals surface area contributed by atoms with Gasteiger partial charge in [-0.25, -0.2) is 4.98 Å². The summed E-state index contributed by atoms with van der Waals surface area (Å²) in [5.74, 6) is -0.295. The quantitative estimate of drug-likeness (QED) is 0.696. The van der Waals surface area contributed by atoms with E-state index in [2.05, 4.69) is 10.3 Å². The molecule has 0 aliphatic rings. The van der Waals surface area contributed by atoms with Gasteiger partial charge in [-0.3, -0.25) is 9.59 Å². The standard InChI is InChI=1S/C18H14ClN3O2S/c19-16-4-2-1-3-13(16)9-22-10-14(6-8-18(22)24)21-17(23)7-5-15-11-25-12-20-15/h1-8,10-12H,9H2,(H,21,23)/b7-5+. The van der Waals surface area contributed by atoms with Gasteiger partial charge in [0, 0.05) is 28.7 Å². The van der Waals surface area contributed by atoms with Crippen LogP contribution in [0.1, 0.15) is 11.3 Å². The summed E-state index contributed by atoms with van der Waals surface area (Å²) in [6.45, 7) is 0.330. The number of nitrogens with zero attached hydrogens (tertiary/aromatic N) is 2. The Morgan fingerprint density at radius 1 is 1.28 bits per heavy atom. The summed E-state index contributed by atoms with van der Waals surface area (Å²) in [7, 11) is 0. The first-order valence-electron chi connectivity index (χ1n) is 7.43. The first-order valence-corrected chi connectivity index (χ1v) is 8.75. The van der Waals surface area contributed by atoms with Crippen LogP contribution in [0, 0.1) is 0 Å². The predicted octanol–water partition coefficient (Wildman–Crippen LogP) is 3.66. The Kier molecular flexibility index (Phi) is 5.42. The molecule has 1 aromatic carbocycles. The molecular formula is C18H14ClN3O2S. The van der Waals surface area contributed by atoms with E-state index in [0.29, 0.717) is 17.3 Å². The van der Waals surface area contributed by atoms with Crippen molar-refractivity contribution in [2.75, 3.05) is 5.32 Å². The second kappa shape index (κ2) is 7.92. The highest BCUT2D eigenvalue weighted by molar-refractivity contribution is 7.07. The minimum atomic E-state index is -0.295. The molecule has 0 saturated carbocycles. The summed E-state index contributed by atoms with van der Waals surface area (Å²) >= 11 is 7.60. The van der Waals surface area contributed by atoms with Gasteiger partial charge in [0.1, 0.15) is 0 Å². The smallest absolute Gasteiger partial charge is 0.250 e. The van der Waals surface area contributed by atoms with Crippen LogP contribution in [0.4, 0.5) is 5.69 Å². The molecule has 2 heterocycles. The van der Waals surface area contributed by atoms with Gasteiger partial charge >= 0.3 is 0 Å². The lowest BCUT2D eigenvalue weighted by Crippen LogP contribution is -2.20. The van der Waals surface area contributed by atoms with E-state index in [1.807, 2.05) is 23.6 Å². The Hall–Kier alpha value is -2.70. The summed E-state index contributed by atoms with van der Waals surface area (Å²) in [4.78, 5) is 28.1. The molecule has 0 spiro atoms. The van der Waals surface area contributed by atoms with Crippen LogP contribution in [0.3, 0.4) is 0 Å². The number of nitrogens with one attached hydrogen (secondary N) is 1. The number of amides is 1. The molecule has 1 amide bonds. The van der Waals surface area contributed by atoms with Crippen LogP contribution in [-0.2, 0) is 11.3 Å². The zero-order valence-corrected chi connectivity index (χ0v) is 14.6. The summed E-state index contributed by atoms with van der Waals surface area (Å²) in [5.41, 5.74) is 3.61. The van der Waals surface area contributed by atoms with Gasteiger partial charge in [0.05, 0.1) is 23.4 Å². The van der Waals surface area contributed by atoms with Crippen molar-refractivity contribution in [3.63, 3.8) is 0 Å². The van der Waals surface area contributed by atoms with Gasteiger partial charge in [-0.1, -0.05) is 29.8 Å². The zero-order valence-electron chi connectivity index (χ0n) is 13.1. The monoisotopic (exact) mass is 371 g/mol. The van der Waals surface area contributed by atoms with Gasteiger partial charge in [0.15, 0.2) is 0 Å². The molecule has 3 rings (SSSR count). The van der Waals surface area contributed by atoms with Crippen LogP contribution >= 0.6 is 22.9 Å². The summed E-state index contributed by atoms with van der Waals surface area (Å²) < 4.78 is 1.50. The largest absolute Gasteiger partial charge is 0.321 e. The minimum Gasteiger partial charge on any atom is -0.321 e. The molecule has 7 heteroatoms. The lowest BCUT2D eigenvalue weighted by Gasteiger charge is -2.10. The average molecular weight is 372 g/mol. The van der Waals surface area contributed by atoms with Crippen LogP contribution in [0.25, 0.3) is 6.08 Å². The van der Waals surface area contributed by atoms with E-state index in [-0.39, 0.29) is 11.5 Å². The number of anilines is 1. The second-order valence-electron chi connectivity index (χ2n) is 5.21. The number of rotatable bonds is 5. The van der Waals surface area contributed by atoms with Crippen molar-refractivity contribution in [1.29, 1.82) is 0 Å². The number of carbonyl (C=O) groups is 1. The van der Waals surface area contributed by atoms with Crippen molar-refractivity contribution in [3.8, 4) is 0 Å². The number of hydrogen-bond acceptors (Lipinski definition) is 4. The molecule has 126 valence electrons. The van der Waals surface area contributed by atoms with Crippen molar-refractivity contribution in [2.24, 2.45) is 0 Å². The molecule has 0 atom stereocenters. The molecule has 2 aromatic heterocycles. The van der Waals surface area contributed by atoms with Crippen LogP contribution in [0.5, 0.6) is 0 Å². The van der Waals surface area contributed by atoms with E-state index in [9.17, 15) is 9.59 Å². The number of halogens is 1. The molecular weight excluding hydrogens is 358 g/mol. The number of carbonyl (C=O) groups excluding carboxylic acids is 1. The number of thiazole rings is 1. The van der Waals surface area contributed by atoms with Crippen molar-refractivity contribution in [2.45, 2.75) is 6.54 Å². The molecule has 0 aliphatic heterocycles. The van der Waals surface area contributed by atoms with Crippen molar-refractivity contribution in [3.05, 3.63) is 86.2 Å². The van der Waals surface area contributed by atoms with Crippen LogP contribution < -0.4 is 10.9 Å². The fourth-order valence-corrected chi connectivity index (χ4v) is 2.91. The van der Waals surface area contributed by atoms with E-state index >= 15 is 0 Å². The van der Waals surface area contributed by atoms with Gasteiger partial charge in [-0.05, 0) is 23.8 Å². The maximum absolute atomic E-state index is 12.0. The third-order valence-corrected chi connectivity index (χ3v) is 4.38. The zero-order chi connectivity index (χ0) is 17.6. The molecule has 3 aromatic rings. The summed E-state index contributed by atoms with van der Waals surface area (Å²) in [5, 5.41) is 5.16. The molecule has 0 saturated heterocycles. The number of pyridine rings is 1. The molecule has 5 nitrogen and oxygen atoms in total. The highest BCUT2D eigenvalue weighted by Gasteiger charge is 2.05. The number of hydrogen-bond donors (Lipinski definition) is 1. The van der Waals surface area contributed by atoms with Crippen molar-refractivity contribution < 1.29 is 4.79 Å². The molecule has 0 radical (unpaired) electrons. The fraction of sp³-hybridized carbons (Fsp3) is 0.0556. The molecule has 0 bridgehead atoms. The van der Waals surface area contributed by atoms with Gasteiger partial charge in [-0.15, -0.1) is 11.3 Å². The average Bonchev–Trinajstić information content (AvgIpc) is 3.11. The molecule has 0 fully saturated rings. The molecule has 25 heavy (non-hydrogen) atoms. The fourth-order valence-electron chi connectivity index (χ4n) is 2.19. The second-order valence-corrected chi connectivity index (χ2v) is 6.34. The molecule has 0 aliphatic carbocycles. The van der Waals surface area contributed by atoms with Crippen molar-refractivity contribution >= 4 is 40.6 Å². The third-order valence-electron chi connectivity index (χ3n) is 3.41. The molecule has 1 N–H and O–H groups in total. The lowest BCUT2D eigenvalue weighted by atomic mass is 10.2. The Morgan fingerprint density at radius 2 is 2.12 bits per heavy atom. The van der Waals surface area contributed by atoms with E-state index in [4.69, 9.17) is 11.6 Å². The maximum atomic E-state index is 12.0. The van der Waals surface area contributed by atoms with Gasteiger partial charge in [-0.2, -0.15) is 0 Å². The van der Waals surface area contributed by atoms with Crippen LogP contribution in [0.2, 0.25) is 5.02 Å². The van der Waals surface area contributed by atoms with Gasteiger partial charge < -0.3 is 9.88 Å². The third kappa shape index (κ3) is 4.65. The van der Waals surface area contributed by atoms with Crippen LogP contribution in [0.15, 0.2) is 64.4 Å². The van der Waals surface area contributed by atoms with Crippen molar-refractivity contribution in [1.82, 2.24) is 9.55 Å². The summed E-state index contributed by atoms with van der Waals surface area (Å²) in [6, 6.07) is 10.3. The first-order chi connectivity index (χ1) is 12.1.